The average molecular weight is 361 g/mol. The molecule has 2 N–H and O–H groups in total. The summed E-state index contributed by atoms with van der Waals surface area (Å²) in [7, 11) is 1.77. The van der Waals surface area contributed by atoms with Crippen LogP contribution < -0.4 is 5.32 Å². The van der Waals surface area contributed by atoms with Crippen LogP contribution in [0, 0.1) is 13.8 Å². The van der Waals surface area contributed by atoms with Crippen LogP contribution in [0.3, 0.4) is 0 Å². The summed E-state index contributed by atoms with van der Waals surface area (Å²) in [4.78, 5) is 41.2. The van der Waals surface area contributed by atoms with Crippen molar-refractivity contribution in [3.8, 4) is 0 Å². The van der Waals surface area contributed by atoms with Crippen molar-refractivity contribution >= 4 is 28.8 Å². The van der Waals surface area contributed by atoms with E-state index in [1.165, 1.54) is 18.7 Å². The van der Waals surface area contributed by atoms with Crippen molar-refractivity contribution in [2.45, 2.75) is 33.7 Å². The maximum atomic E-state index is 13.0. The molecule has 2 aromatic heterocycles. The lowest BCUT2D eigenvalue weighted by molar-refractivity contribution is -0.141. The predicted octanol–water partition coefficient (Wildman–Crippen LogP) is 0.637. The normalized spacial score (nSPS) is 12.0. The molecule has 0 bridgehead atoms. The van der Waals surface area contributed by atoms with Crippen LogP contribution in [0.25, 0.3) is 11.0 Å². The Morgan fingerprint density at radius 3 is 2.54 bits per heavy atom. The van der Waals surface area contributed by atoms with Crippen molar-refractivity contribution in [3.05, 3.63) is 23.0 Å². The summed E-state index contributed by atoms with van der Waals surface area (Å²) in [5.41, 5.74) is 2.21. The Morgan fingerprint density at radius 1 is 1.31 bits per heavy atom. The lowest BCUT2D eigenvalue weighted by Gasteiger charge is -2.27. The number of nitrogens with one attached hydrogen (secondary N) is 1. The average Bonchev–Trinajstić information content (AvgIpc) is 2.83. The van der Waals surface area contributed by atoms with Crippen LogP contribution in [0.1, 0.15) is 35.6 Å². The van der Waals surface area contributed by atoms with E-state index in [4.69, 9.17) is 0 Å². The third-order valence-corrected chi connectivity index (χ3v) is 4.23. The van der Waals surface area contributed by atoms with E-state index in [0.29, 0.717) is 16.9 Å². The number of carboxylic acid groups (broad SMARTS) is 1. The van der Waals surface area contributed by atoms with E-state index in [1.54, 1.807) is 24.7 Å². The lowest BCUT2D eigenvalue weighted by Crippen LogP contribution is -2.47. The van der Waals surface area contributed by atoms with Gasteiger partial charge in [0.25, 0.3) is 5.91 Å². The van der Waals surface area contributed by atoms with Gasteiger partial charge in [-0.2, -0.15) is 5.10 Å². The van der Waals surface area contributed by atoms with Crippen LogP contribution >= 0.6 is 0 Å². The number of aliphatic carboxylic acids is 1. The number of carboxylic acids is 1. The van der Waals surface area contributed by atoms with Crippen LogP contribution in [0.15, 0.2) is 6.07 Å². The number of pyridine rings is 1. The molecule has 0 aliphatic carbocycles. The zero-order valence-corrected chi connectivity index (χ0v) is 15.5. The highest BCUT2D eigenvalue weighted by atomic mass is 16.4. The fraction of sp³-hybridized carbons (Fsp3) is 0.471. The van der Waals surface area contributed by atoms with Crippen LogP contribution in [0.2, 0.25) is 0 Å². The molecule has 0 aliphatic rings. The molecule has 26 heavy (non-hydrogen) atoms. The monoisotopic (exact) mass is 361 g/mol. The van der Waals surface area contributed by atoms with Crippen molar-refractivity contribution in [1.82, 2.24) is 25.0 Å². The topological polar surface area (TPSA) is 117 Å². The van der Waals surface area contributed by atoms with Crippen molar-refractivity contribution < 1.29 is 19.5 Å². The summed E-state index contributed by atoms with van der Waals surface area (Å²) in [5.74, 6) is -1.81. The zero-order chi connectivity index (χ0) is 19.6. The first-order valence-corrected chi connectivity index (χ1v) is 8.22. The van der Waals surface area contributed by atoms with Gasteiger partial charge in [-0.05, 0) is 26.8 Å². The van der Waals surface area contributed by atoms with Gasteiger partial charge in [0.1, 0.15) is 6.04 Å². The Hall–Kier alpha value is -2.97. The van der Waals surface area contributed by atoms with Crippen LogP contribution in [0.5, 0.6) is 0 Å². The summed E-state index contributed by atoms with van der Waals surface area (Å²) in [6.07, 6.45) is 0. The van der Waals surface area contributed by atoms with Crippen LogP contribution in [-0.2, 0) is 16.6 Å². The van der Waals surface area contributed by atoms with E-state index in [9.17, 15) is 19.5 Å². The summed E-state index contributed by atoms with van der Waals surface area (Å²) in [6, 6.07) is 0.656. The molecule has 0 fully saturated rings. The molecule has 0 aliphatic heterocycles. The number of fused-ring (bicyclic) bond motifs is 1. The molecule has 9 heteroatoms. The fourth-order valence-electron chi connectivity index (χ4n) is 2.76. The number of hydrogen-bond donors (Lipinski definition) is 2. The van der Waals surface area contributed by atoms with Gasteiger partial charge in [-0.1, -0.05) is 0 Å². The Bertz CT molecular complexity index is 874. The Morgan fingerprint density at radius 2 is 1.96 bits per heavy atom. The largest absolute Gasteiger partial charge is 0.480 e. The van der Waals surface area contributed by atoms with Crippen molar-refractivity contribution in [1.29, 1.82) is 0 Å². The highest BCUT2D eigenvalue weighted by Crippen LogP contribution is 2.21. The molecule has 0 saturated carbocycles. The number of aryl methyl sites for hydroxylation is 3. The summed E-state index contributed by atoms with van der Waals surface area (Å²) in [5, 5.41) is 17.0. The lowest BCUT2D eigenvalue weighted by atomic mass is 10.1. The van der Waals surface area contributed by atoms with Crippen LogP contribution in [-0.4, -0.2) is 61.7 Å². The van der Waals surface area contributed by atoms with Gasteiger partial charge < -0.3 is 15.3 Å². The quantitative estimate of drug-likeness (QED) is 0.779. The highest BCUT2D eigenvalue weighted by molar-refractivity contribution is 6.00. The molecule has 0 radical (unpaired) electrons. The number of amides is 2. The van der Waals surface area contributed by atoms with E-state index >= 15 is 0 Å². The van der Waals surface area contributed by atoms with Gasteiger partial charge in [0.2, 0.25) is 5.91 Å². The minimum atomic E-state index is -1.12. The Labute approximate surface area is 151 Å². The Balaban J connectivity index is 2.41. The van der Waals surface area contributed by atoms with Crippen molar-refractivity contribution in [3.63, 3.8) is 0 Å². The molecular formula is C17H23N5O4. The molecule has 140 valence electrons. The van der Waals surface area contributed by atoms with Crippen molar-refractivity contribution in [2.24, 2.45) is 7.05 Å². The van der Waals surface area contributed by atoms with E-state index in [-0.39, 0.29) is 19.0 Å². The summed E-state index contributed by atoms with van der Waals surface area (Å²) in [6.45, 7) is 6.56. The highest BCUT2D eigenvalue weighted by Gasteiger charge is 2.28. The predicted molar refractivity (Wildman–Crippen MR) is 94.8 cm³/mol. The van der Waals surface area contributed by atoms with Gasteiger partial charge in [-0.3, -0.25) is 14.3 Å². The molecule has 0 aromatic carbocycles. The molecule has 2 heterocycles. The minimum Gasteiger partial charge on any atom is -0.480 e. The molecule has 2 rings (SSSR count). The maximum Gasteiger partial charge on any atom is 0.326 e. The van der Waals surface area contributed by atoms with E-state index in [2.05, 4.69) is 15.4 Å². The number of nitrogens with zero attached hydrogens (tertiary/aromatic N) is 4. The molecular weight excluding hydrogens is 338 g/mol. The molecule has 9 nitrogen and oxygen atoms in total. The summed E-state index contributed by atoms with van der Waals surface area (Å²) >= 11 is 0. The Kier molecular flexibility index (Phi) is 5.59. The maximum absolute atomic E-state index is 13.0. The number of carbonyl (C=O) groups excluding carboxylic acids is 2. The van der Waals surface area contributed by atoms with Gasteiger partial charge in [0, 0.05) is 32.4 Å². The van der Waals surface area contributed by atoms with Crippen molar-refractivity contribution in [2.75, 3.05) is 13.1 Å². The fourth-order valence-corrected chi connectivity index (χ4v) is 2.76. The molecule has 0 spiro atoms. The molecule has 1 atom stereocenters. The SMILES string of the molecule is CC(=O)NCCN(C(=O)c1cc2c(C)nn(C)c2nc1C)C(C)C(=O)O. The number of aromatic nitrogens is 3. The van der Waals surface area contributed by atoms with Gasteiger partial charge >= 0.3 is 5.97 Å². The second-order valence-corrected chi connectivity index (χ2v) is 6.20. The molecule has 2 amide bonds. The smallest absolute Gasteiger partial charge is 0.326 e. The van der Waals surface area contributed by atoms with Gasteiger partial charge in [0.15, 0.2) is 5.65 Å². The number of rotatable bonds is 6. The van der Waals surface area contributed by atoms with E-state index < -0.39 is 17.9 Å². The van der Waals surface area contributed by atoms with Gasteiger partial charge in [0.05, 0.1) is 17.0 Å². The van der Waals surface area contributed by atoms with E-state index in [1.807, 2.05) is 6.92 Å². The second kappa shape index (κ2) is 7.51. The van der Waals surface area contributed by atoms with Gasteiger partial charge in [-0.25, -0.2) is 9.78 Å². The van der Waals surface area contributed by atoms with E-state index in [0.717, 1.165) is 11.1 Å². The third kappa shape index (κ3) is 3.81. The zero-order valence-electron chi connectivity index (χ0n) is 15.5. The van der Waals surface area contributed by atoms with Crippen LogP contribution in [0.4, 0.5) is 0 Å². The first kappa shape index (κ1) is 19.4. The first-order valence-electron chi connectivity index (χ1n) is 8.22. The minimum absolute atomic E-state index is 0.0787. The number of hydrogen-bond acceptors (Lipinski definition) is 5. The van der Waals surface area contributed by atoms with Gasteiger partial charge in [-0.15, -0.1) is 0 Å². The number of carbonyl (C=O) groups is 3. The summed E-state index contributed by atoms with van der Waals surface area (Å²) < 4.78 is 1.64. The molecule has 2 aromatic rings. The molecule has 1 unspecified atom stereocenters. The molecule has 0 saturated heterocycles. The first-order chi connectivity index (χ1) is 12.1. The second-order valence-electron chi connectivity index (χ2n) is 6.20. The third-order valence-electron chi connectivity index (χ3n) is 4.23. The standard InChI is InChI=1S/C17H23N5O4/c1-9-14(8-13-10(2)20-21(5)15(13)19-9)16(24)22(11(3)17(25)26)7-6-18-12(4)23/h8,11H,6-7H2,1-5H3,(H,18,23)(H,25,26).